The average Bonchev–Trinajstić information content (AvgIpc) is 2.69. The highest BCUT2D eigenvalue weighted by Crippen LogP contribution is 2.43. The predicted octanol–water partition coefficient (Wildman–Crippen LogP) is 4.38. The number of nitriles is 1. The van der Waals surface area contributed by atoms with Crippen molar-refractivity contribution in [3.05, 3.63) is 83.5 Å². The number of nitrogens with one attached hydrogen (secondary N) is 1. The summed E-state index contributed by atoms with van der Waals surface area (Å²) in [6.45, 7) is 1.54. The average molecular weight is 385 g/mol. The first-order valence-corrected chi connectivity index (χ1v) is 8.64. The van der Waals surface area contributed by atoms with Gasteiger partial charge < -0.3 is 10.1 Å². The fourth-order valence-electron chi connectivity index (χ4n) is 3.07. The van der Waals surface area contributed by atoms with E-state index in [2.05, 4.69) is 10.3 Å². The Hall–Kier alpha value is -3.27. The predicted molar refractivity (Wildman–Crippen MR) is 98.5 cm³/mol. The highest BCUT2D eigenvalue weighted by Gasteiger charge is 2.61. The Morgan fingerprint density at radius 1 is 1.18 bits per heavy atom. The van der Waals surface area contributed by atoms with Crippen LogP contribution in [0.25, 0.3) is 5.57 Å². The molecule has 1 N–H and O–H groups in total. The minimum Gasteiger partial charge on any atom is -0.493 e. The Kier molecular flexibility index (Phi) is 5.41. The molecule has 1 unspecified atom stereocenters. The Morgan fingerprint density at radius 2 is 1.93 bits per heavy atom. The molecule has 1 aliphatic rings. The van der Waals surface area contributed by atoms with E-state index in [0.29, 0.717) is 17.6 Å². The standard InChI is InChI=1S/C21H18F3N3O/c1-15-18(17-8-5-10-26-12-17)13-27-20(14-25,21(22,23)24)19(15)28-11-9-16-6-3-2-4-7-16/h2-8,10,12-13,27H,9,11H2,1H3. The molecule has 0 spiro atoms. The van der Waals surface area contributed by atoms with Gasteiger partial charge in [0.1, 0.15) is 11.8 Å². The number of benzene rings is 1. The molecule has 7 heteroatoms. The molecular weight excluding hydrogens is 367 g/mol. The van der Waals surface area contributed by atoms with Gasteiger partial charge in [0, 0.05) is 41.7 Å². The molecule has 4 nitrogen and oxygen atoms in total. The van der Waals surface area contributed by atoms with Crippen LogP contribution in [0, 0.1) is 11.3 Å². The van der Waals surface area contributed by atoms with Crippen LogP contribution >= 0.6 is 0 Å². The summed E-state index contributed by atoms with van der Waals surface area (Å²) in [5, 5.41) is 11.7. The number of pyridine rings is 1. The highest BCUT2D eigenvalue weighted by atomic mass is 19.4. The third-order valence-electron chi connectivity index (χ3n) is 4.56. The third kappa shape index (κ3) is 3.58. The molecule has 2 heterocycles. The molecule has 2 aromatic rings. The lowest BCUT2D eigenvalue weighted by atomic mass is 9.86. The number of nitrogens with zero attached hydrogens (tertiary/aromatic N) is 2. The Bertz CT molecular complexity index is 931. The zero-order chi connectivity index (χ0) is 20.2. The maximum Gasteiger partial charge on any atom is 0.432 e. The van der Waals surface area contributed by atoms with Crippen molar-refractivity contribution in [3.8, 4) is 6.07 Å². The molecule has 0 amide bonds. The number of alkyl halides is 3. The van der Waals surface area contributed by atoms with Crippen LogP contribution in [0.5, 0.6) is 0 Å². The van der Waals surface area contributed by atoms with E-state index in [0.717, 1.165) is 5.56 Å². The van der Waals surface area contributed by atoms with E-state index in [-0.39, 0.29) is 12.2 Å². The minimum atomic E-state index is -4.86. The maximum absolute atomic E-state index is 13.9. The molecule has 0 aliphatic carbocycles. The molecule has 3 rings (SSSR count). The topological polar surface area (TPSA) is 57.9 Å². The van der Waals surface area contributed by atoms with E-state index in [1.54, 1.807) is 24.5 Å². The SMILES string of the molecule is CC1=C(OCCc2ccccc2)C(C#N)(C(F)(F)F)NC=C1c1cccnc1. The molecule has 144 valence electrons. The molecule has 1 aromatic carbocycles. The first kappa shape index (κ1) is 19.5. The molecule has 0 saturated carbocycles. The smallest absolute Gasteiger partial charge is 0.432 e. The summed E-state index contributed by atoms with van der Waals surface area (Å²) in [6.07, 6.45) is -0.115. The van der Waals surface area contributed by atoms with Crippen molar-refractivity contribution in [2.24, 2.45) is 0 Å². The van der Waals surface area contributed by atoms with Crippen molar-refractivity contribution in [1.82, 2.24) is 10.3 Å². The van der Waals surface area contributed by atoms with Gasteiger partial charge in [0.2, 0.25) is 0 Å². The Labute approximate surface area is 161 Å². The summed E-state index contributed by atoms with van der Waals surface area (Å²) in [5.74, 6) is -0.431. The maximum atomic E-state index is 13.9. The quantitative estimate of drug-likeness (QED) is 0.830. The first-order valence-electron chi connectivity index (χ1n) is 8.64. The normalized spacial score (nSPS) is 19.5. The van der Waals surface area contributed by atoms with E-state index < -0.39 is 17.5 Å². The Morgan fingerprint density at radius 3 is 2.54 bits per heavy atom. The highest BCUT2D eigenvalue weighted by molar-refractivity contribution is 5.80. The van der Waals surface area contributed by atoms with Gasteiger partial charge in [-0.1, -0.05) is 36.4 Å². The number of aromatic nitrogens is 1. The van der Waals surface area contributed by atoms with Gasteiger partial charge in [-0.2, -0.15) is 18.4 Å². The molecule has 0 fully saturated rings. The number of hydrogen-bond acceptors (Lipinski definition) is 4. The van der Waals surface area contributed by atoms with Crippen LogP contribution in [-0.2, 0) is 11.2 Å². The number of allylic oxidation sites excluding steroid dienone is 2. The van der Waals surface area contributed by atoms with Crippen molar-refractivity contribution in [2.45, 2.75) is 25.1 Å². The molecule has 1 atom stereocenters. The second-order valence-electron chi connectivity index (χ2n) is 6.34. The van der Waals surface area contributed by atoms with Gasteiger partial charge in [-0.15, -0.1) is 0 Å². The van der Waals surface area contributed by atoms with E-state index >= 15 is 0 Å². The van der Waals surface area contributed by atoms with E-state index in [4.69, 9.17) is 4.74 Å². The molecule has 1 aliphatic heterocycles. The third-order valence-corrected chi connectivity index (χ3v) is 4.56. The van der Waals surface area contributed by atoms with Crippen LogP contribution in [-0.4, -0.2) is 23.3 Å². The second-order valence-corrected chi connectivity index (χ2v) is 6.34. The lowest BCUT2D eigenvalue weighted by molar-refractivity contribution is -0.176. The summed E-state index contributed by atoms with van der Waals surface area (Å²) >= 11 is 0. The van der Waals surface area contributed by atoms with Gasteiger partial charge in [-0.25, -0.2) is 0 Å². The summed E-state index contributed by atoms with van der Waals surface area (Å²) in [6, 6.07) is 14.1. The van der Waals surface area contributed by atoms with Crippen molar-refractivity contribution in [3.63, 3.8) is 0 Å². The number of halogens is 3. The van der Waals surface area contributed by atoms with Crippen molar-refractivity contribution >= 4 is 5.57 Å². The summed E-state index contributed by atoms with van der Waals surface area (Å²) in [4.78, 5) is 4.01. The molecule has 0 saturated heterocycles. The van der Waals surface area contributed by atoms with Gasteiger partial charge in [0.05, 0.1) is 6.61 Å². The lowest BCUT2D eigenvalue weighted by Gasteiger charge is -2.36. The molecule has 0 bridgehead atoms. The van der Waals surface area contributed by atoms with Crippen LogP contribution in [0.2, 0.25) is 0 Å². The zero-order valence-electron chi connectivity index (χ0n) is 15.1. The van der Waals surface area contributed by atoms with Gasteiger partial charge in [-0.3, -0.25) is 4.98 Å². The number of dihydropyridines is 1. The number of rotatable bonds is 5. The van der Waals surface area contributed by atoms with Gasteiger partial charge in [0.25, 0.3) is 5.54 Å². The van der Waals surface area contributed by atoms with E-state index in [1.807, 2.05) is 30.3 Å². The van der Waals surface area contributed by atoms with Gasteiger partial charge >= 0.3 is 6.18 Å². The zero-order valence-corrected chi connectivity index (χ0v) is 15.1. The van der Waals surface area contributed by atoms with Gasteiger partial charge in [-0.05, 0) is 18.6 Å². The number of ether oxygens (including phenoxy) is 1. The fourth-order valence-corrected chi connectivity index (χ4v) is 3.07. The van der Waals surface area contributed by atoms with Gasteiger partial charge in [0.15, 0.2) is 0 Å². The van der Waals surface area contributed by atoms with Crippen LogP contribution in [0.15, 0.2) is 72.4 Å². The van der Waals surface area contributed by atoms with Crippen LogP contribution in [0.4, 0.5) is 13.2 Å². The molecule has 1 aromatic heterocycles. The van der Waals surface area contributed by atoms with Crippen molar-refractivity contribution in [2.75, 3.05) is 6.61 Å². The van der Waals surface area contributed by atoms with Crippen LogP contribution in [0.3, 0.4) is 0 Å². The Balaban J connectivity index is 1.96. The number of hydrogen-bond donors (Lipinski definition) is 1. The summed E-state index contributed by atoms with van der Waals surface area (Å²) in [7, 11) is 0. The van der Waals surface area contributed by atoms with Crippen molar-refractivity contribution in [1.29, 1.82) is 5.26 Å². The van der Waals surface area contributed by atoms with Crippen LogP contribution in [0.1, 0.15) is 18.1 Å². The molecule has 28 heavy (non-hydrogen) atoms. The molecular formula is C21H18F3N3O. The monoisotopic (exact) mass is 385 g/mol. The largest absolute Gasteiger partial charge is 0.493 e. The summed E-state index contributed by atoms with van der Waals surface area (Å²) in [5.41, 5.74) is -0.622. The van der Waals surface area contributed by atoms with Crippen LogP contribution < -0.4 is 5.32 Å². The first-order chi connectivity index (χ1) is 13.4. The van der Waals surface area contributed by atoms with E-state index in [1.165, 1.54) is 19.2 Å². The minimum absolute atomic E-state index is 0.0121. The molecule has 0 radical (unpaired) electrons. The summed E-state index contributed by atoms with van der Waals surface area (Å²) < 4.78 is 47.2. The fraction of sp³-hybridized carbons (Fsp3) is 0.238. The van der Waals surface area contributed by atoms with E-state index in [9.17, 15) is 18.4 Å². The lowest BCUT2D eigenvalue weighted by Crippen LogP contribution is -2.57. The second kappa shape index (κ2) is 7.77. The van der Waals surface area contributed by atoms with Crippen molar-refractivity contribution < 1.29 is 17.9 Å².